The Kier molecular flexibility index (Phi) is 10.8. The van der Waals surface area contributed by atoms with Crippen LogP contribution in [0.5, 0.6) is 0 Å². The number of hydrogen-bond donors (Lipinski definition) is 1. The van der Waals surface area contributed by atoms with Crippen molar-refractivity contribution < 1.29 is 18.0 Å². The average Bonchev–Trinajstić information content (AvgIpc) is 3.00. The van der Waals surface area contributed by atoms with Crippen LogP contribution < -0.4 is 9.62 Å². The molecule has 4 aromatic carbocycles. The number of hydrogen-bond acceptors (Lipinski definition) is 4. The first-order valence-electron chi connectivity index (χ1n) is 14.5. The first-order chi connectivity index (χ1) is 21.0. The largest absolute Gasteiger partial charge is 0.355 e. The van der Waals surface area contributed by atoms with Gasteiger partial charge in [0.15, 0.2) is 0 Å². The Balaban J connectivity index is 1.81. The zero-order valence-corrected chi connectivity index (χ0v) is 27.0. The van der Waals surface area contributed by atoms with Crippen molar-refractivity contribution in [3.8, 4) is 0 Å². The molecule has 230 valence electrons. The van der Waals surface area contributed by atoms with E-state index in [1.54, 1.807) is 12.1 Å². The van der Waals surface area contributed by atoms with Crippen LogP contribution in [0.25, 0.3) is 0 Å². The van der Waals surface area contributed by atoms with Crippen molar-refractivity contribution in [2.45, 2.75) is 51.6 Å². The van der Waals surface area contributed by atoms with Gasteiger partial charge in [0.2, 0.25) is 11.8 Å². The quantitative estimate of drug-likeness (QED) is 0.201. The first-order valence-corrected chi connectivity index (χ1v) is 16.3. The maximum atomic E-state index is 14.5. The van der Waals surface area contributed by atoms with Gasteiger partial charge in [0.05, 0.1) is 10.6 Å². The Bertz CT molecular complexity index is 1710. The lowest BCUT2D eigenvalue weighted by atomic mass is 10.0. The van der Waals surface area contributed by atoms with Crippen LogP contribution in [0.3, 0.4) is 0 Å². The van der Waals surface area contributed by atoms with E-state index in [-0.39, 0.29) is 23.8 Å². The second kappa shape index (κ2) is 14.6. The number of carbonyl (C=O) groups is 2. The average molecular weight is 632 g/mol. The van der Waals surface area contributed by atoms with E-state index in [0.29, 0.717) is 17.3 Å². The van der Waals surface area contributed by atoms with Crippen LogP contribution in [0.2, 0.25) is 5.02 Å². The number of anilines is 1. The lowest BCUT2D eigenvalue weighted by Gasteiger charge is -2.34. The lowest BCUT2D eigenvalue weighted by Crippen LogP contribution is -2.53. The van der Waals surface area contributed by atoms with Crippen LogP contribution in [0.1, 0.15) is 34.7 Å². The number of nitrogens with zero attached hydrogens (tertiary/aromatic N) is 2. The van der Waals surface area contributed by atoms with Crippen molar-refractivity contribution >= 4 is 39.1 Å². The summed E-state index contributed by atoms with van der Waals surface area (Å²) in [5.74, 6) is -0.815. The molecule has 2 amide bonds. The van der Waals surface area contributed by atoms with Gasteiger partial charge in [-0.2, -0.15) is 0 Å². The van der Waals surface area contributed by atoms with Crippen molar-refractivity contribution in [1.29, 1.82) is 0 Å². The summed E-state index contributed by atoms with van der Waals surface area (Å²) in [6.45, 7) is 7.61. The summed E-state index contributed by atoms with van der Waals surface area (Å²) in [6, 6.07) is 27.5. The fourth-order valence-electron chi connectivity index (χ4n) is 5.00. The van der Waals surface area contributed by atoms with E-state index >= 15 is 0 Å². The molecule has 0 spiro atoms. The van der Waals surface area contributed by atoms with Crippen LogP contribution in [0.4, 0.5) is 5.69 Å². The van der Waals surface area contributed by atoms with E-state index in [1.165, 1.54) is 29.2 Å². The minimum Gasteiger partial charge on any atom is -0.355 e. The third-order valence-corrected chi connectivity index (χ3v) is 9.56. The van der Waals surface area contributed by atoms with Gasteiger partial charge in [-0.25, -0.2) is 8.42 Å². The first kappa shape index (κ1) is 32.8. The summed E-state index contributed by atoms with van der Waals surface area (Å²) in [6.07, 6.45) is 0.262. The molecule has 1 N–H and O–H groups in total. The van der Waals surface area contributed by atoms with Gasteiger partial charge in [-0.3, -0.25) is 13.9 Å². The lowest BCUT2D eigenvalue weighted by molar-refractivity contribution is -0.140. The zero-order valence-electron chi connectivity index (χ0n) is 25.5. The molecule has 0 bridgehead atoms. The molecule has 44 heavy (non-hydrogen) atoms. The van der Waals surface area contributed by atoms with Crippen molar-refractivity contribution in [3.63, 3.8) is 0 Å². The highest BCUT2D eigenvalue weighted by molar-refractivity contribution is 7.92. The van der Waals surface area contributed by atoms with E-state index in [2.05, 4.69) is 5.32 Å². The molecule has 0 radical (unpaired) electrons. The molecule has 0 aliphatic rings. The number of amides is 2. The van der Waals surface area contributed by atoms with Crippen molar-refractivity contribution in [2.24, 2.45) is 0 Å². The number of rotatable bonds is 12. The molecule has 0 fully saturated rings. The third kappa shape index (κ3) is 8.07. The zero-order chi connectivity index (χ0) is 31.9. The fourth-order valence-corrected chi connectivity index (χ4v) is 6.53. The van der Waals surface area contributed by atoms with Crippen molar-refractivity contribution in [3.05, 3.63) is 130 Å². The predicted octanol–water partition coefficient (Wildman–Crippen LogP) is 6.24. The molecule has 0 aliphatic heterocycles. The number of aryl methyl sites for hydroxylation is 3. The van der Waals surface area contributed by atoms with Crippen molar-refractivity contribution in [1.82, 2.24) is 10.2 Å². The van der Waals surface area contributed by atoms with Crippen LogP contribution in [0.15, 0.2) is 102 Å². The highest BCUT2D eigenvalue weighted by Crippen LogP contribution is 2.27. The van der Waals surface area contributed by atoms with Gasteiger partial charge in [-0.15, -0.1) is 0 Å². The minimum atomic E-state index is -4.20. The molecular weight excluding hydrogens is 594 g/mol. The Hall–Kier alpha value is -4.14. The van der Waals surface area contributed by atoms with Gasteiger partial charge in [-0.1, -0.05) is 77.8 Å². The number of carbonyl (C=O) groups excluding carboxylic acids is 2. The van der Waals surface area contributed by atoms with E-state index in [4.69, 9.17) is 11.6 Å². The van der Waals surface area contributed by atoms with Crippen LogP contribution in [0, 0.1) is 20.8 Å². The molecule has 4 rings (SSSR count). The topological polar surface area (TPSA) is 86.8 Å². The number of benzene rings is 4. The molecule has 4 aromatic rings. The summed E-state index contributed by atoms with van der Waals surface area (Å²) in [4.78, 5) is 29.5. The molecule has 0 aliphatic carbocycles. The number of sulfonamides is 1. The Morgan fingerprint density at radius 3 is 2.14 bits per heavy atom. The fraction of sp³-hybridized carbons (Fsp3) is 0.257. The van der Waals surface area contributed by atoms with Crippen LogP contribution >= 0.6 is 11.6 Å². The summed E-state index contributed by atoms with van der Waals surface area (Å²) in [7, 11) is -4.20. The number of likely N-dealkylation sites (N-methyl/N-ethyl adjacent to an activating group) is 1. The van der Waals surface area contributed by atoms with Crippen LogP contribution in [-0.4, -0.2) is 44.3 Å². The summed E-state index contributed by atoms with van der Waals surface area (Å²) >= 11 is 6.06. The number of halogens is 1. The molecule has 0 saturated heterocycles. The molecule has 0 unspecified atom stereocenters. The SMILES string of the molecule is CCNC(=O)[C@H](Cc1ccccc1)N(Cc1cccc(C)c1)C(=O)CN(c1ccc(C)c(C)c1)S(=O)(=O)c1ccc(Cl)cc1. The standard InChI is InChI=1S/C35H38ClN3O4S/c1-5-37-35(41)33(22-28-11-7-6-8-12-28)38(23-29-13-9-10-25(2)20-29)34(40)24-39(31-17-14-26(3)27(4)21-31)44(42,43)32-18-15-30(36)16-19-32/h6-21,33H,5,22-24H2,1-4H3,(H,37,41)/t33-/m0/s1. The smallest absolute Gasteiger partial charge is 0.264 e. The molecule has 0 heterocycles. The normalized spacial score (nSPS) is 11.9. The maximum Gasteiger partial charge on any atom is 0.264 e. The van der Waals surface area contributed by atoms with Crippen LogP contribution in [-0.2, 0) is 32.6 Å². The Labute approximate surface area is 265 Å². The van der Waals surface area contributed by atoms with E-state index in [9.17, 15) is 18.0 Å². The third-order valence-electron chi connectivity index (χ3n) is 7.52. The highest BCUT2D eigenvalue weighted by Gasteiger charge is 2.34. The second-order valence-electron chi connectivity index (χ2n) is 10.8. The molecule has 1 atom stereocenters. The molecule has 9 heteroatoms. The monoisotopic (exact) mass is 631 g/mol. The summed E-state index contributed by atoms with van der Waals surface area (Å²) in [5.41, 5.74) is 4.94. The minimum absolute atomic E-state index is 0.00252. The molecule has 0 aromatic heterocycles. The Morgan fingerprint density at radius 1 is 0.818 bits per heavy atom. The molecular formula is C35H38ClN3O4S. The van der Waals surface area contributed by atoms with Gasteiger partial charge in [-0.05, 0) is 86.3 Å². The second-order valence-corrected chi connectivity index (χ2v) is 13.1. The van der Waals surface area contributed by atoms with E-state index in [1.807, 2.05) is 88.4 Å². The van der Waals surface area contributed by atoms with E-state index < -0.39 is 28.5 Å². The highest BCUT2D eigenvalue weighted by atomic mass is 35.5. The van der Waals surface area contributed by atoms with Gasteiger partial charge in [0.1, 0.15) is 12.6 Å². The predicted molar refractivity (Wildman–Crippen MR) is 176 cm³/mol. The summed E-state index contributed by atoms with van der Waals surface area (Å²) in [5, 5.41) is 3.28. The van der Waals surface area contributed by atoms with Gasteiger partial charge in [0.25, 0.3) is 10.0 Å². The Morgan fingerprint density at radius 2 is 1.50 bits per heavy atom. The number of nitrogens with one attached hydrogen (secondary N) is 1. The maximum absolute atomic E-state index is 14.5. The van der Waals surface area contributed by atoms with E-state index in [0.717, 1.165) is 32.1 Å². The van der Waals surface area contributed by atoms with Gasteiger partial charge >= 0.3 is 0 Å². The van der Waals surface area contributed by atoms with Gasteiger partial charge < -0.3 is 10.2 Å². The van der Waals surface area contributed by atoms with Crippen molar-refractivity contribution in [2.75, 3.05) is 17.4 Å². The summed E-state index contributed by atoms with van der Waals surface area (Å²) < 4.78 is 29.4. The molecule has 7 nitrogen and oxygen atoms in total. The van der Waals surface area contributed by atoms with Gasteiger partial charge in [0, 0.05) is 24.5 Å². The molecule has 0 saturated carbocycles.